The van der Waals surface area contributed by atoms with Crippen molar-refractivity contribution in [3.05, 3.63) is 59.1 Å². The highest BCUT2D eigenvalue weighted by Gasteiger charge is 2.31. The molecule has 11 heteroatoms. The Morgan fingerprint density at radius 2 is 1.58 bits per heavy atom. The van der Waals surface area contributed by atoms with Crippen LogP contribution in [0.3, 0.4) is 0 Å². The van der Waals surface area contributed by atoms with Gasteiger partial charge in [-0.25, -0.2) is 21.6 Å². The van der Waals surface area contributed by atoms with Crippen LogP contribution in [-0.4, -0.2) is 59.1 Å². The van der Waals surface area contributed by atoms with Crippen LogP contribution >= 0.6 is 11.6 Å². The van der Waals surface area contributed by atoms with E-state index >= 15 is 0 Å². The molecule has 0 spiro atoms. The molecule has 0 aliphatic carbocycles. The largest absolute Gasteiger partial charge is 0.386 e. The average Bonchev–Trinajstić information content (AvgIpc) is 2.74. The molecular weight excluding hydrogens is 464 g/mol. The van der Waals surface area contributed by atoms with Crippen LogP contribution in [0.5, 0.6) is 0 Å². The molecule has 2 aromatic carbocycles. The summed E-state index contributed by atoms with van der Waals surface area (Å²) in [5, 5.41) is 10.4. The van der Waals surface area contributed by atoms with Gasteiger partial charge < -0.3 is 9.84 Å². The Bertz CT molecular complexity index is 1080. The number of sulfonamides is 2. The Kier molecular flexibility index (Phi) is 7.74. The molecule has 0 aromatic heterocycles. The maximum atomic E-state index is 12.8. The van der Waals surface area contributed by atoms with Gasteiger partial charge in [-0.1, -0.05) is 23.7 Å². The summed E-state index contributed by atoms with van der Waals surface area (Å²) in [5.41, 5.74) is 0.557. The van der Waals surface area contributed by atoms with E-state index in [1.807, 2.05) is 0 Å². The molecule has 0 amide bonds. The molecule has 1 unspecified atom stereocenters. The Morgan fingerprint density at radius 1 is 1.03 bits per heavy atom. The van der Waals surface area contributed by atoms with Crippen molar-refractivity contribution in [2.45, 2.75) is 34.8 Å². The lowest BCUT2D eigenvalue weighted by Crippen LogP contribution is -2.46. The number of nitrogens with one attached hydrogen (secondary N) is 1. The molecule has 2 aromatic rings. The molecule has 2 N–H and O–H groups in total. The molecule has 1 saturated heterocycles. The number of aliphatic hydroxyl groups is 1. The zero-order valence-electron chi connectivity index (χ0n) is 16.9. The molecule has 1 aliphatic rings. The first kappa shape index (κ1) is 24.1. The minimum Gasteiger partial charge on any atom is -0.386 e. The molecule has 0 radical (unpaired) electrons. The fraction of sp³-hybridized carbons (Fsp3) is 0.400. The summed E-state index contributed by atoms with van der Waals surface area (Å²) in [6.45, 7) is 0.530. The molecular formula is C20H25ClN2O6S2. The standard InChI is InChI=1S/C20H25ClN2O6S2/c1-29-14-20(24)15-2-6-18(7-3-15)30(25,26)22-17-10-12-23(13-11-17)31(27,28)19-8-4-16(21)5-9-19/h2-9,17,20,22,24H,10-14H2,1H3. The van der Waals surface area contributed by atoms with Gasteiger partial charge in [0.05, 0.1) is 16.4 Å². The van der Waals surface area contributed by atoms with Crippen LogP contribution in [-0.2, 0) is 24.8 Å². The third kappa shape index (κ3) is 5.83. The summed E-state index contributed by atoms with van der Waals surface area (Å²) >= 11 is 5.83. The highest BCUT2D eigenvalue weighted by atomic mass is 35.5. The van der Waals surface area contributed by atoms with Crippen molar-refractivity contribution in [2.24, 2.45) is 0 Å². The van der Waals surface area contributed by atoms with Crippen LogP contribution in [0.4, 0.5) is 0 Å². The summed E-state index contributed by atoms with van der Waals surface area (Å²) in [5.74, 6) is 0. The Labute approximate surface area is 187 Å². The second-order valence-corrected chi connectivity index (χ2v) is 11.4. The van der Waals surface area contributed by atoms with Gasteiger partial charge in [0, 0.05) is 31.3 Å². The summed E-state index contributed by atoms with van der Waals surface area (Å²) in [7, 11) is -5.95. The molecule has 0 saturated carbocycles. The van der Waals surface area contributed by atoms with Gasteiger partial charge in [-0.15, -0.1) is 0 Å². The van der Waals surface area contributed by atoms with E-state index in [0.717, 1.165) is 0 Å². The molecule has 1 atom stereocenters. The fourth-order valence-corrected chi connectivity index (χ4v) is 6.28. The number of aliphatic hydroxyl groups excluding tert-OH is 1. The number of hydrogen-bond donors (Lipinski definition) is 2. The Hall–Kier alpha value is -1.53. The number of rotatable bonds is 8. The van der Waals surface area contributed by atoms with Crippen LogP contribution in [0.2, 0.25) is 5.02 Å². The average molecular weight is 489 g/mol. The second-order valence-electron chi connectivity index (χ2n) is 7.29. The SMILES string of the molecule is COCC(O)c1ccc(S(=O)(=O)NC2CCN(S(=O)(=O)c3ccc(Cl)cc3)CC2)cc1. The summed E-state index contributed by atoms with van der Waals surface area (Å²) in [4.78, 5) is 0.240. The van der Waals surface area contributed by atoms with Gasteiger partial charge in [-0.05, 0) is 54.8 Å². The van der Waals surface area contributed by atoms with E-state index in [2.05, 4.69) is 4.72 Å². The van der Waals surface area contributed by atoms with E-state index in [9.17, 15) is 21.9 Å². The van der Waals surface area contributed by atoms with Crippen molar-refractivity contribution >= 4 is 31.6 Å². The van der Waals surface area contributed by atoms with Crippen molar-refractivity contribution in [3.63, 3.8) is 0 Å². The van der Waals surface area contributed by atoms with E-state index in [4.69, 9.17) is 16.3 Å². The minimum absolute atomic E-state index is 0.0806. The number of piperidine rings is 1. The Balaban J connectivity index is 1.61. The van der Waals surface area contributed by atoms with Crippen LogP contribution in [0.25, 0.3) is 0 Å². The van der Waals surface area contributed by atoms with Gasteiger partial charge in [-0.3, -0.25) is 0 Å². The summed E-state index contributed by atoms with van der Waals surface area (Å²) in [6, 6.07) is 11.5. The maximum absolute atomic E-state index is 12.8. The second kappa shape index (κ2) is 9.95. The normalized spacial score (nSPS) is 17.5. The lowest BCUT2D eigenvalue weighted by atomic mass is 10.1. The van der Waals surface area contributed by atoms with Crippen molar-refractivity contribution in [2.75, 3.05) is 26.8 Å². The number of methoxy groups -OCH3 is 1. The minimum atomic E-state index is -3.77. The van der Waals surface area contributed by atoms with Gasteiger partial charge in [0.25, 0.3) is 0 Å². The van der Waals surface area contributed by atoms with Crippen molar-refractivity contribution in [3.8, 4) is 0 Å². The number of nitrogens with zero attached hydrogens (tertiary/aromatic N) is 1. The third-order valence-corrected chi connectivity index (χ3v) is 8.83. The first-order valence-electron chi connectivity index (χ1n) is 9.68. The highest BCUT2D eigenvalue weighted by Crippen LogP contribution is 2.23. The van der Waals surface area contributed by atoms with Gasteiger partial charge in [-0.2, -0.15) is 4.31 Å². The van der Waals surface area contributed by atoms with Crippen LogP contribution < -0.4 is 4.72 Å². The molecule has 1 heterocycles. The Morgan fingerprint density at radius 3 is 2.13 bits per heavy atom. The monoisotopic (exact) mass is 488 g/mol. The first-order valence-corrected chi connectivity index (χ1v) is 13.0. The van der Waals surface area contributed by atoms with Crippen LogP contribution in [0.1, 0.15) is 24.5 Å². The maximum Gasteiger partial charge on any atom is 0.243 e. The van der Waals surface area contributed by atoms with Crippen molar-refractivity contribution < 1.29 is 26.7 Å². The molecule has 3 rings (SSSR count). The van der Waals surface area contributed by atoms with Crippen LogP contribution in [0, 0.1) is 0 Å². The fourth-order valence-electron chi connectivity index (χ4n) is 3.38. The number of benzene rings is 2. The first-order chi connectivity index (χ1) is 14.6. The molecule has 1 fully saturated rings. The number of ether oxygens (including phenoxy) is 1. The predicted octanol–water partition coefficient (Wildman–Crippen LogP) is 2.15. The van der Waals surface area contributed by atoms with Gasteiger partial charge in [0.15, 0.2) is 0 Å². The molecule has 0 bridgehead atoms. The van der Waals surface area contributed by atoms with E-state index in [1.165, 1.54) is 47.8 Å². The van der Waals surface area contributed by atoms with E-state index in [-0.39, 0.29) is 35.5 Å². The molecule has 170 valence electrons. The number of halogens is 1. The van der Waals surface area contributed by atoms with Crippen LogP contribution in [0.15, 0.2) is 58.3 Å². The van der Waals surface area contributed by atoms with Crippen molar-refractivity contribution in [1.29, 1.82) is 0 Å². The zero-order chi connectivity index (χ0) is 22.6. The topological polar surface area (TPSA) is 113 Å². The van der Waals surface area contributed by atoms with E-state index < -0.39 is 26.2 Å². The van der Waals surface area contributed by atoms with Gasteiger partial charge in [0.2, 0.25) is 20.0 Å². The summed E-state index contributed by atoms with van der Waals surface area (Å²) < 4.78 is 59.8. The quantitative estimate of drug-likeness (QED) is 0.588. The lowest BCUT2D eigenvalue weighted by Gasteiger charge is -2.31. The van der Waals surface area contributed by atoms with Gasteiger partial charge >= 0.3 is 0 Å². The number of hydrogen-bond acceptors (Lipinski definition) is 6. The predicted molar refractivity (Wildman–Crippen MR) is 117 cm³/mol. The molecule has 1 aliphatic heterocycles. The molecule has 31 heavy (non-hydrogen) atoms. The highest BCUT2D eigenvalue weighted by molar-refractivity contribution is 7.89. The smallest absolute Gasteiger partial charge is 0.243 e. The lowest BCUT2D eigenvalue weighted by molar-refractivity contribution is 0.0643. The van der Waals surface area contributed by atoms with Gasteiger partial charge in [0.1, 0.15) is 6.10 Å². The van der Waals surface area contributed by atoms with E-state index in [0.29, 0.717) is 23.4 Å². The zero-order valence-corrected chi connectivity index (χ0v) is 19.3. The third-order valence-electron chi connectivity index (χ3n) is 5.13. The molecule has 8 nitrogen and oxygen atoms in total. The van der Waals surface area contributed by atoms with Crippen molar-refractivity contribution in [1.82, 2.24) is 9.03 Å². The van der Waals surface area contributed by atoms with E-state index in [1.54, 1.807) is 12.1 Å². The summed E-state index contributed by atoms with van der Waals surface area (Å²) in [6.07, 6.45) is -0.116.